The topological polar surface area (TPSA) is 91.4 Å². The van der Waals surface area contributed by atoms with Crippen LogP contribution in [0.1, 0.15) is 22.2 Å². The van der Waals surface area contributed by atoms with Gasteiger partial charge in [-0.15, -0.1) is 0 Å². The number of nitrogens with zero attached hydrogens (tertiary/aromatic N) is 2. The van der Waals surface area contributed by atoms with E-state index < -0.39 is 6.17 Å². The molecule has 0 saturated heterocycles. The molecule has 0 bridgehead atoms. The van der Waals surface area contributed by atoms with Crippen LogP contribution in [0.3, 0.4) is 0 Å². The number of methoxy groups -OCH3 is 5. The van der Waals surface area contributed by atoms with Crippen molar-refractivity contribution in [2.75, 3.05) is 45.8 Å². The van der Waals surface area contributed by atoms with E-state index in [1.54, 1.807) is 89.1 Å². The average molecular weight is 451 g/mol. The number of benzene rings is 2. The van der Waals surface area contributed by atoms with Crippen molar-refractivity contribution in [3.8, 4) is 28.7 Å². The van der Waals surface area contributed by atoms with E-state index >= 15 is 0 Å². The van der Waals surface area contributed by atoms with Crippen LogP contribution in [0.25, 0.3) is 0 Å². The van der Waals surface area contributed by atoms with E-state index in [4.69, 9.17) is 23.7 Å². The van der Waals surface area contributed by atoms with Crippen LogP contribution in [0.5, 0.6) is 28.7 Å². The van der Waals surface area contributed by atoms with E-state index in [0.29, 0.717) is 51.4 Å². The number of hydrogen-bond donors (Lipinski definition) is 1. The Morgan fingerprint density at radius 3 is 2.15 bits per heavy atom. The Morgan fingerprint density at radius 1 is 0.848 bits per heavy atom. The van der Waals surface area contributed by atoms with Gasteiger partial charge in [0.2, 0.25) is 5.75 Å². The fourth-order valence-corrected chi connectivity index (χ4v) is 3.87. The maximum atomic E-state index is 13.5. The molecule has 1 unspecified atom stereocenters. The van der Waals surface area contributed by atoms with Crippen molar-refractivity contribution >= 4 is 17.3 Å². The summed E-state index contributed by atoms with van der Waals surface area (Å²) in [5.41, 5.74) is 2.27. The second kappa shape index (κ2) is 9.15. The summed E-state index contributed by atoms with van der Waals surface area (Å²) in [6.45, 7) is 0. The lowest BCUT2D eigenvalue weighted by atomic mass is 10.2. The van der Waals surface area contributed by atoms with E-state index in [-0.39, 0.29) is 5.91 Å². The van der Waals surface area contributed by atoms with Crippen LogP contribution in [-0.2, 0) is 0 Å². The van der Waals surface area contributed by atoms with Gasteiger partial charge >= 0.3 is 0 Å². The molecule has 1 aromatic heterocycles. The first-order valence-electron chi connectivity index (χ1n) is 10.1. The lowest BCUT2D eigenvalue weighted by molar-refractivity contribution is 0.0992. The minimum absolute atomic E-state index is 0.213. The predicted octanol–water partition coefficient (Wildman–Crippen LogP) is 3.90. The number of hydrogen-bond acceptors (Lipinski definition) is 8. The van der Waals surface area contributed by atoms with Gasteiger partial charge in [0.25, 0.3) is 5.91 Å². The van der Waals surface area contributed by atoms with Crippen molar-refractivity contribution in [3.05, 3.63) is 59.9 Å². The van der Waals surface area contributed by atoms with Gasteiger partial charge in [0.05, 0.1) is 52.5 Å². The number of carbonyl (C=O) groups excluding carboxylic acids is 1. The highest BCUT2D eigenvalue weighted by Gasteiger charge is 2.40. The van der Waals surface area contributed by atoms with Crippen molar-refractivity contribution in [2.45, 2.75) is 6.17 Å². The zero-order valence-electron chi connectivity index (χ0n) is 19.0. The second-order valence-electron chi connectivity index (χ2n) is 7.11. The van der Waals surface area contributed by atoms with Crippen LogP contribution < -0.4 is 33.9 Å². The molecule has 0 aliphatic carbocycles. The standard InChI is InChI=1S/C24H25N3O6/c1-29-15-8-9-18(30-2)17(13-15)27-23(21-16(24(27)28)7-6-10-25-21)26-14-11-19(31-3)22(33-5)20(12-14)32-4/h6-13,23,26H,1-5H3. The Hall–Kier alpha value is -4.14. The largest absolute Gasteiger partial charge is 0.497 e. The Morgan fingerprint density at radius 2 is 1.55 bits per heavy atom. The molecule has 0 spiro atoms. The molecule has 0 fully saturated rings. The minimum Gasteiger partial charge on any atom is -0.497 e. The summed E-state index contributed by atoms with van der Waals surface area (Å²) in [7, 11) is 7.76. The van der Waals surface area contributed by atoms with Gasteiger partial charge in [-0.2, -0.15) is 0 Å². The van der Waals surface area contributed by atoms with Gasteiger partial charge in [-0.05, 0) is 24.3 Å². The molecule has 0 saturated carbocycles. The van der Waals surface area contributed by atoms with E-state index in [9.17, 15) is 4.79 Å². The average Bonchev–Trinajstić information content (AvgIpc) is 3.14. The predicted molar refractivity (Wildman–Crippen MR) is 123 cm³/mol. The number of ether oxygens (including phenoxy) is 5. The van der Waals surface area contributed by atoms with Crippen molar-refractivity contribution in [2.24, 2.45) is 0 Å². The zero-order chi connectivity index (χ0) is 23.5. The minimum atomic E-state index is -0.627. The van der Waals surface area contributed by atoms with Crippen LogP contribution in [0.4, 0.5) is 11.4 Å². The maximum absolute atomic E-state index is 13.5. The van der Waals surface area contributed by atoms with Gasteiger partial charge in [0.1, 0.15) is 11.5 Å². The number of nitrogens with one attached hydrogen (secondary N) is 1. The molecule has 3 aromatic rings. The van der Waals surface area contributed by atoms with Crippen LogP contribution in [0.2, 0.25) is 0 Å². The molecule has 9 nitrogen and oxygen atoms in total. The SMILES string of the molecule is COc1ccc(OC)c(N2C(=O)c3cccnc3C2Nc2cc(OC)c(OC)c(OC)c2)c1. The van der Waals surface area contributed by atoms with E-state index in [1.807, 2.05) is 0 Å². The van der Waals surface area contributed by atoms with Crippen molar-refractivity contribution < 1.29 is 28.5 Å². The molecular weight excluding hydrogens is 426 g/mol. The van der Waals surface area contributed by atoms with Crippen molar-refractivity contribution in [1.29, 1.82) is 0 Å². The third kappa shape index (κ3) is 3.82. The Bertz CT molecular complexity index is 1160. The monoisotopic (exact) mass is 451 g/mol. The summed E-state index contributed by atoms with van der Waals surface area (Å²) >= 11 is 0. The smallest absolute Gasteiger partial charge is 0.262 e. The summed E-state index contributed by atoms with van der Waals surface area (Å²) in [4.78, 5) is 19.6. The lowest BCUT2D eigenvalue weighted by Crippen LogP contribution is -2.32. The highest BCUT2D eigenvalue weighted by atomic mass is 16.5. The number of rotatable bonds is 8. The van der Waals surface area contributed by atoms with Crippen molar-refractivity contribution in [1.82, 2.24) is 4.98 Å². The molecule has 1 aliphatic rings. The number of carbonyl (C=O) groups is 1. The first-order valence-corrected chi connectivity index (χ1v) is 10.1. The van der Waals surface area contributed by atoms with Gasteiger partial charge in [-0.3, -0.25) is 14.7 Å². The molecule has 172 valence electrons. The highest BCUT2D eigenvalue weighted by Crippen LogP contribution is 2.45. The molecule has 9 heteroatoms. The van der Waals surface area contributed by atoms with Crippen LogP contribution in [0.15, 0.2) is 48.7 Å². The molecule has 33 heavy (non-hydrogen) atoms. The van der Waals surface area contributed by atoms with Gasteiger partial charge in [0.15, 0.2) is 17.7 Å². The molecule has 1 atom stereocenters. The van der Waals surface area contributed by atoms with E-state index in [1.165, 1.54) is 0 Å². The van der Waals surface area contributed by atoms with Crippen LogP contribution >= 0.6 is 0 Å². The third-order valence-electron chi connectivity index (χ3n) is 5.42. The lowest BCUT2D eigenvalue weighted by Gasteiger charge is -2.28. The molecule has 4 rings (SSSR count). The number of anilines is 2. The third-order valence-corrected chi connectivity index (χ3v) is 5.42. The number of fused-ring (bicyclic) bond motifs is 1. The fourth-order valence-electron chi connectivity index (χ4n) is 3.87. The fraction of sp³-hybridized carbons (Fsp3) is 0.250. The van der Waals surface area contributed by atoms with Crippen molar-refractivity contribution in [3.63, 3.8) is 0 Å². The number of aromatic nitrogens is 1. The zero-order valence-corrected chi connectivity index (χ0v) is 19.0. The summed E-state index contributed by atoms with van der Waals surface area (Å²) in [6.07, 6.45) is 1.03. The molecular formula is C24H25N3O6. The maximum Gasteiger partial charge on any atom is 0.262 e. The summed E-state index contributed by atoms with van der Waals surface area (Å²) < 4.78 is 27.3. The van der Waals surface area contributed by atoms with E-state index in [2.05, 4.69) is 10.3 Å². The summed E-state index contributed by atoms with van der Waals surface area (Å²) in [5, 5.41) is 3.40. The van der Waals surface area contributed by atoms with Crippen LogP contribution in [0, 0.1) is 0 Å². The Labute approximate surface area is 191 Å². The molecule has 2 heterocycles. The Balaban J connectivity index is 1.84. The quantitative estimate of drug-likeness (QED) is 0.552. The number of amides is 1. The first-order chi connectivity index (χ1) is 16.1. The van der Waals surface area contributed by atoms with Gasteiger partial charge < -0.3 is 29.0 Å². The van der Waals surface area contributed by atoms with Gasteiger partial charge in [-0.1, -0.05) is 0 Å². The normalized spacial score (nSPS) is 14.5. The van der Waals surface area contributed by atoms with Gasteiger partial charge in [-0.25, -0.2) is 0 Å². The highest BCUT2D eigenvalue weighted by molar-refractivity contribution is 6.11. The molecule has 0 radical (unpaired) electrons. The van der Waals surface area contributed by atoms with E-state index in [0.717, 1.165) is 0 Å². The molecule has 1 aliphatic heterocycles. The van der Waals surface area contributed by atoms with Crippen LogP contribution in [-0.4, -0.2) is 46.4 Å². The number of pyridine rings is 1. The summed E-state index contributed by atoms with van der Waals surface area (Å²) in [6, 6.07) is 12.3. The van der Waals surface area contributed by atoms with Gasteiger partial charge in [0, 0.05) is 30.1 Å². The summed E-state index contributed by atoms with van der Waals surface area (Å²) in [5.74, 6) is 2.33. The molecule has 1 N–H and O–H groups in total. The second-order valence-corrected chi connectivity index (χ2v) is 7.11. The first kappa shape index (κ1) is 22.1. The molecule has 1 amide bonds. The Kier molecular flexibility index (Phi) is 6.12. The molecule has 2 aromatic carbocycles.